The van der Waals surface area contributed by atoms with E-state index in [2.05, 4.69) is 17.2 Å². The number of aromatic nitrogens is 1. The molecule has 2 unspecified atom stereocenters. The SMILES string of the molecule is S=S=S=S=S=S=S=S=S=S=S=S=S=S=S=S=S=S=S=S=S=S=S=S=S.c1cc2c(cn1)C1CCC2C1. The van der Waals surface area contributed by atoms with E-state index in [9.17, 15) is 0 Å². The molecule has 2 atom stereocenters. The van der Waals surface area contributed by atoms with Crippen LogP contribution in [-0.4, -0.2) is 4.98 Å². The molecule has 0 spiro atoms. The number of hydrogen-bond donors (Lipinski definition) is 0. The van der Waals surface area contributed by atoms with Crippen LogP contribution in [-0.2, 0) is 227 Å². The summed E-state index contributed by atoms with van der Waals surface area (Å²) < 4.78 is 0. The van der Waals surface area contributed by atoms with Crippen LogP contribution in [0.1, 0.15) is 42.2 Å². The molecule has 2 aliphatic rings. The molecule has 0 aliphatic heterocycles. The second-order valence-electron chi connectivity index (χ2n) is 5.28. The predicted molar refractivity (Wildman–Crippen MR) is 228 cm³/mol. The van der Waals surface area contributed by atoms with Crippen molar-refractivity contribution in [2.75, 3.05) is 0 Å². The number of fused-ring (bicyclic) bond motifs is 5. The number of nitrogens with zero attached hydrogens (tertiary/aromatic N) is 1. The van der Waals surface area contributed by atoms with Gasteiger partial charge >= 0.3 is 0 Å². The summed E-state index contributed by atoms with van der Waals surface area (Å²) in [6.07, 6.45) is 8.23. The zero-order valence-corrected chi connectivity index (χ0v) is 37.1. The molecule has 1 saturated carbocycles. The molecule has 3 rings (SSSR count). The molecule has 1 aromatic heterocycles. The van der Waals surface area contributed by atoms with Gasteiger partial charge in [0.25, 0.3) is 0 Å². The maximum absolute atomic E-state index is 4.77. The van der Waals surface area contributed by atoms with E-state index < -0.39 is 0 Å². The molecule has 1 fully saturated rings. The molecule has 1 heterocycles. The van der Waals surface area contributed by atoms with Crippen molar-refractivity contribution in [3.63, 3.8) is 0 Å². The van der Waals surface area contributed by atoms with Crippen LogP contribution in [0.5, 0.6) is 0 Å². The lowest BCUT2D eigenvalue weighted by molar-refractivity contribution is 0.713. The first kappa shape index (κ1) is 36.8. The Labute approximate surface area is 286 Å². The maximum Gasteiger partial charge on any atom is 0.0305 e. The van der Waals surface area contributed by atoms with E-state index in [1.54, 1.807) is 135 Å². The summed E-state index contributed by atoms with van der Waals surface area (Å²) in [6.45, 7) is 0. The number of hydrogen-bond acceptors (Lipinski definition) is 3. The highest BCUT2D eigenvalue weighted by atomic mass is 33.5. The molecule has 1 aromatic rings. The quantitative estimate of drug-likeness (QED) is 0.398. The van der Waals surface area contributed by atoms with Gasteiger partial charge in [-0.1, -0.05) is 0 Å². The van der Waals surface area contributed by atoms with Crippen LogP contribution < -0.4 is 0 Å². The zero-order chi connectivity index (χ0) is 25.5. The van der Waals surface area contributed by atoms with Crippen molar-refractivity contribution in [2.45, 2.75) is 31.1 Å². The topological polar surface area (TPSA) is 12.9 Å². The molecule has 2 bridgehead atoms. The lowest BCUT2D eigenvalue weighted by atomic mass is 9.94. The van der Waals surface area contributed by atoms with Gasteiger partial charge in [0.1, 0.15) is 0 Å². The molecule has 36 heavy (non-hydrogen) atoms. The molecule has 0 radical (unpaired) electrons. The van der Waals surface area contributed by atoms with Gasteiger partial charge in [0.15, 0.2) is 0 Å². The summed E-state index contributed by atoms with van der Waals surface area (Å²) >= 11 is 9.55. The van der Waals surface area contributed by atoms with Crippen LogP contribution in [0.15, 0.2) is 18.5 Å². The van der Waals surface area contributed by atoms with Gasteiger partial charge in [-0.3, -0.25) is 4.98 Å². The Hall–Kier alpha value is 4.65. The highest BCUT2D eigenvalue weighted by Crippen LogP contribution is 2.52. The van der Waals surface area contributed by atoms with E-state index in [1.165, 1.54) is 37.0 Å². The normalized spacial score (nSPS) is 15.1. The Bertz CT molecular complexity index is 1810. The summed E-state index contributed by atoms with van der Waals surface area (Å²) in [6, 6.07) is 2.21. The fraction of sp³-hybridized carbons (Fsp3) is 0.500. The van der Waals surface area contributed by atoms with Crippen LogP contribution in [0.25, 0.3) is 0 Å². The largest absolute Gasteiger partial charge is 0.264 e. The Morgan fingerprint density at radius 1 is 0.500 bits per heavy atom. The Morgan fingerprint density at radius 3 is 1.17 bits per heavy atom. The predicted octanol–water partition coefficient (Wildman–Crippen LogP) is 2.39. The van der Waals surface area contributed by atoms with Crippen LogP contribution in [0, 0.1) is 0 Å². The van der Waals surface area contributed by atoms with Crippen molar-refractivity contribution >= 4 is 227 Å². The summed E-state index contributed by atoms with van der Waals surface area (Å²) in [7, 11) is 40.0. The number of rotatable bonds is 0. The molecular formula is C10H11NS25. The lowest BCUT2D eigenvalue weighted by Gasteiger charge is -2.12. The minimum absolute atomic E-state index is 0.865. The molecule has 0 amide bonds. The van der Waals surface area contributed by atoms with Gasteiger partial charge in [-0.25, -0.2) is 0 Å². The summed E-state index contributed by atoms with van der Waals surface area (Å²) in [5.41, 5.74) is 3.14. The van der Waals surface area contributed by atoms with Crippen molar-refractivity contribution in [1.82, 2.24) is 4.98 Å². The first-order valence-electron chi connectivity index (χ1n) is 8.39. The standard InChI is InChI=1S/C10H11N.S25/c1-2-8-5-7(1)9-3-4-11-6-10(8)9;1-3-5-7-9-11-13-15-17-19-21-23-25-24-22-20-18-16-14-12-10-8-6-4-2/h3-4,6-8H,1-2,5H2;. The van der Waals surface area contributed by atoms with Crippen molar-refractivity contribution in [2.24, 2.45) is 0 Å². The van der Waals surface area contributed by atoms with E-state index in [1.807, 2.05) is 68.4 Å². The summed E-state index contributed by atoms with van der Waals surface area (Å²) in [5, 5.41) is 0. The highest BCUT2D eigenvalue weighted by molar-refractivity contribution is 8.79. The third kappa shape index (κ3) is 18.3. The Kier molecular flexibility index (Phi) is 27.9. The lowest BCUT2D eigenvalue weighted by Crippen LogP contribution is -1.97. The highest BCUT2D eigenvalue weighted by Gasteiger charge is 2.36. The molecular weight excluding hydrogens is 936 g/mol. The third-order valence-electron chi connectivity index (χ3n) is 3.81. The molecule has 1 nitrogen and oxygen atoms in total. The van der Waals surface area contributed by atoms with E-state index in [4.69, 9.17) is 22.4 Å². The summed E-state index contributed by atoms with van der Waals surface area (Å²) in [4.78, 5) is 4.18. The molecule has 0 saturated heterocycles. The van der Waals surface area contributed by atoms with Crippen LogP contribution in [0.3, 0.4) is 0 Å². The van der Waals surface area contributed by atoms with Crippen molar-refractivity contribution in [3.8, 4) is 0 Å². The molecule has 206 valence electrons. The maximum atomic E-state index is 4.77. The van der Waals surface area contributed by atoms with E-state index in [-0.39, 0.29) is 0 Å². The fourth-order valence-corrected chi connectivity index (χ4v) is 60.5. The first-order chi connectivity index (χ1) is 17.9. The van der Waals surface area contributed by atoms with Crippen LogP contribution >= 0.6 is 0 Å². The second kappa shape index (κ2) is 27.2. The van der Waals surface area contributed by atoms with Gasteiger partial charge in [0, 0.05) is 239 Å². The van der Waals surface area contributed by atoms with Crippen molar-refractivity contribution in [1.29, 1.82) is 0 Å². The van der Waals surface area contributed by atoms with Gasteiger partial charge in [-0.2, -0.15) is 0 Å². The minimum Gasteiger partial charge on any atom is -0.264 e. The van der Waals surface area contributed by atoms with Crippen molar-refractivity contribution < 1.29 is 0 Å². The van der Waals surface area contributed by atoms with Crippen LogP contribution in [0.4, 0.5) is 0 Å². The first-order valence-corrected chi connectivity index (χ1v) is 40.4. The van der Waals surface area contributed by atoms with Crippen LogP contribution in [0.2, 0.25) is 0 Å². The van der Waals surface area contributed by atoms with E-state index in [0.29, 0.717) is 0 Å². The van der Waals surface area contributed by atoms with Gasteiger partial charge in [-0.15, -0.1) is 0 Å². The molecule has 0 aromatic carbocycles. The zero-order valence-electron chi connectivity index (χ0n) is 16.7. The minimum atomic E-state index is 0.865. The number of pyridine rings is 1. The second-order valence-corrected chi connectivity index (χ2v) is 46.0. The molecule has 2 aliphatic carbocycles. The average molecular weight is 947 g/mol. The third-order valence-corrected chi connectivity index (χ3v) is 52.7. The monoisotopic (exact) mass is 944 g/mol. The molecule has 0 N–H and O–H groups in total. The smallest absolute Gasteiger partial charge is 0.0305 e. The molecule has 26 heteroatoms. The van der Waals surface area contributed by atoms with E-state index in [0.717, 1.165) is 11.8 Å². The Morgan fingerprint density at radius 2 is 0.833 bits per heavy atom. The summed E-state index contributed by atoms with van der Waals surface area (Å²) in [5.74, 6) is 1.75. The van der Waals surface area contributed by atoms with Gasteiger partial charge in [0.2, 0.25) is 0 Å². The van der Waals surface area contributed by atoms with Crippen molar-refractivity contribution in [3.05, 3.63) is 29.6 Å². The van der Waals surface area contributed by atoms with Gasteiger partial charge in [-0.05, 0) is 48.3 Å². The average Bonchev–Trinajstić information content (AvgIpc) is 3.53. The fourth-order valence-electron chi connectivity index (χ4n) is 2.91. The van der Waals surface area contributed by atoms with E-state index >= 15 is 0 Å². The van der Waals surface area contributed by atoms with Gasteiger partial charge in [0.05, 0.1) is 0 Å². The Balaban J connectivity index is 0.000000333. The van der Waals surface area contributed by atoms with Gasteiger partial charge < -0.3 is 0 Å².